The second-order valence-electron chi connectivity index (χ2n) is 3.82. The molecule has 0 saturated heterocycles. The summed E-state index contributed by atoms with van der Waals surface area (Å²) in [7, 11) is 0. The summed E-state index contributed by atoms with van der Waals surface area (Å²) in [4.78, 5) is 43.7. The van der Waals surface area contributed by atoms with E-state index in [1.165, 1.54) is 19.9 Å². The number of rotatable bonds is 6. The minimum absolute atomic E-state index is 0.116. The summed E-state index contributed by atoms with van der Waals surface area (Å²) in [5.74, 6) is -5.80. The first-order valence-corrected chi connectivity index (χ1v) is 5.18. The maximum absolute atomic E-state index is 11.3. The van der Waals surface area contributed by atoms with Crippen LogP contribution >= 0.6 is 0 Å². The maximum Gasteiger partial charge on any atom is 0.341 e. The highest BCUT2D eigenvalue weighted by molar-refractivity contribution is 5.97. The summed E-state index contributed by atoms with van der Waals surface area (Å²) >= 11 is 0. The van der Waals surface area contributed by atoms with Crippen molar-refractivity contribution in [2.75, 3.05) is 0 Å². The molecule has 0 aliphatic heterocycles. The van der Waals surface area contributed by atoms with Gasteiger partial charge < -0.3 is 20.1 Å². The lowest BCUT2D eigenvalue weighted by molar-refractivity contribution is -0.173. The van der Waals surface area contributed by atoms with Crippen molar-refractivity contribution in [3.8, 4) is 0 Å². The van der Waals surface area contributed by atoms with Gasteiger partial charge in [0.2, 0.25) is 0 Å². The van der Waals surface area contributed by atoms with Gasteiger partial charge in [0.05, 0.1) is 12.8 Å². The number of allylic oxidation sites excluding steroid dienone is 1. The van der Waals surface area contributed by atoms with E-state index in [2.05, 4.69) is 4.74 Å². The molecule has 0 saturated carbocycles. The van der Waals surface area contributed by atoms with Crippen LogP contribution in [0.5, 0.6) is 0 Å². The lowest BCUT2D eigenvalue weighted by Gasteiger charge is -2.19. The summed E-state index contributed by atoms with van der Waals surface area (Å²) in [6, 6.07) is 0. The van der Waals surface area contributed by atoms with Gasteiger partial charge in [-0.05, 0) is 13.8 Å². The third-order valence-corrected chi connectivity index (χ3v) is 2.24. The molecule has 19 heavy (non-hydrogen) atoms. The van der Waals surface area contributed by atoms with Crippen molar-refractivity contribution in [3.63, 3.8) is 0 Å². The van der Waals surface area contributed by atoms with Gasteiger partial charge in [-0.2, -0.15) is 0 Å². The molecule has 1 unspecified atom stereocenters. The Morgan fingerprint density at radius 2 is 1.68 bits per heavy atom. The predicted octanol–water partition coefficient (Wildman–Crippen LogP) is -0.297. The third kappa shape index (κ3) is 5.30. The highest BCUT2D eigenvalue weighted by atomic mass is 16.6. The quantitative estimate of drug-likeness (QED) is 0.341. The lowest BCUT2D eigenvalue weighted by atomic mass is 9.96. The molecular formula is C11H14O8. The number of hydrogen-bond acceptors (Lipinski definition) is 6. The summed E-state index contributed by atoms with van der Waals surface area (Å²) in [6.07, 6.45) is -0.957. The minimum Gasteiger partial charge on any atom is -0.481 e. The second kappa shape index (κ2) is 6.64. The molecule has 1 atom stereocenters. The summed E-state index contributed by atoms with van der Waals surface area (Å²) in [5.41, 5.74) is -2.70. The number of carboxylic acids is 2. The Morgan fingerprint density at radius 3 is 2.05 bits per heavy atom. The Hall–Kier alpha value is -2.22. The molecule has 106 valence electrons. The second-order valence-corrected chi connectivity index (χ2v) is 3.82. The molecule has 0 bridgehead atoms. The van der Waals surface area contributed by atoms with Crippen LogP contribution in [-0.2, 0) is 23.9 Å². The van der Waals surface area contributed by atoms with Crippen LogP contribution < -0.4 is 0 Å². The molecule has 0 aliphatic carbocycles. The standard InChI is InChI=1S/C11H14O8/c1-3-6(2)9(15)19-8(14)5-11(18,10(16)17)4-7(12)13/h3,18H,4-5H2,1-2H3,(H,12,13)(H,16,17). The van der Waals surface area contributed by atoms with Crippen molar-refractivity contribution in [3.05, 3.63) is 11.6 Å². The summed E-state index contributed by atoms with van der Waals surface area (Å²) < 4.78 is 4.27. The molecule has 0 aromatic heterocycles. The van der Waals surface area contributed by atoms with E-state index < -0.39 is 42.3 Å². The number of aliphatic hydroxyl groups is 1. The van der Waals surface area contributed by atoms with Crippen molar-refractivity contribution in [1.82, 2.24) is 0 Å². The lowest BCUT2D eigenvalue weighted by Crippen LogP contribution is -2.43. The highest BCUT2D eigenvalue weighted by Gasteiger charge is 2.41. The minimum atomic E-state index is -2.81. The number of carboxylic acid groups (broad SMARTS) is 2. The Bertz CT molecular complexity index is 436. The summed E-state index contributed by atoms with van der Waals surface area (Å²) in [6.45, 7) is 2.90. The smallest absolute Gasteiger partial charge is 0.341 e. The molecule has 8 nitrogen and oxygen atoms in total. The molecule has 0 fully saturated rings. The normalized spacial score (nSPS) is 14.4. The fraction of sp³-hybridized carbons (Fsp3) is 0.455. The van der Waals surface area contributed by atoms with E-state index in [0.29, 0.717) is 0 Å². The zero-order valence-electron chi connectivity index (χ0n) is 10.4. The number of aliphatic carboxylic acids is 2. The van der Waals surface area contributed by atoms with Crippen LogP contribution in [0.25, 0.3) is 0 Å². The molecule has 3 N–H and O–H groups in total. The van der Waals surface area contributed by atoms with Crippen LogP contribution in [0.3, 0.4) is 0 Å². The van der Waals surface area contributed by atoms with Gasteiger partial charge in [0.1, 0.15) is 0 Å². The van der Waals surface area contributed by atoms with Gasteiger partial charge in [0.25, 0.3) is 0 Å². The molecule has 0 aliphatic rings. The average molecular weight is 274 g/mol. The van der Waals surface area contributed by atoms with Gasteiger partial charge >= 0.3 is 23.9 Å². The van der Waals surface area contributed by atoms with Crippen LogP contribution in [0.15, 0.2) is 11.6 Å². The first-order chi connectivity index (χ1) is 8.62. The number of hydrogen-bond donors (Lipinski definition) is 3. The van der Waals surface area contributed by atoms with Crippen LogP contribution in [0.1, 0.15) is 26.7 Å². The molecule has 0 radical (unpaired) electrons. The van der Waals surface area contributed by atoms with Crippen molar-refractivity contribution >= 4 is 23.9 Å². The maximum atomic E-state index is 11.3. The first kappa shape index (κ1) is 16.8. The SMILES string of the molecule is CC=C(C)C(=O)OC(=O)CC(O)(CC(=O)O)C(=O)O. The fourth-order valence-electron chi connectivity index (χ4n) is 1.04. The molecule has 0 amide bonds. The van der Waals surface area contributed by atoms with Gasteiger partial charge in [-0.3, -0.25) is 9.59 Å². The van der Waals surface area contributed by atoms with E-state index in [9.17, 15) is 24.3 Å². The summed E-state index contributed by atoms with van der Waals surface area (Å²) in [5, 5.41) is 26.7. The number of esters is 2. The van der Waals surface area contributed by atoms with E-state index in [1.54, 1.807) is 0 Å². The highest BCUT2D eigenvalue weighted by Crippen LogP contribution is 2.17. The largest absolute Gasteiger partial charge is 0.481 e. The zero-order valence-corrected chi connectivity index (χ0v) is 10.4. The Morgan fingerprint density at radius 1 is 1.16 bits per heavy atom. The molecule has 0 spiro atoms. The van der Waals surface area contributed by atoms with E-state index in [1.807, 2.05) is 0 Å². The van der Waals surface area contributed by atoms with Crippen LogP contribution in [0, 0.1) is 0 Å². The predicted molar refractivity (Wildman–Crippen MR) is 60.0 cm³/mol. The van der Waals surface area contributed by atoms with E-state index in [0.717, 1.165) is 0 Å². The van der Waals surface area contributed by atoms with Gasteiger partial charge in [-0.25, -0.2) is 9.59 Å². The monoisotopic (exact) mass is 274 g/mol. The van der Waals surface area contributed by atoms with Crippen molar-refractivity contribution in [1.29, 1.82) is 0 Å². The molecule has 8 heteroatoms. The molecule has 0 aromatic carbocycles. The van der Waals surface area contributed by atoms with Gasteiger partial charge in [-0.15, -0.1) is 0 Å². The fourth-order valence-corrected chi connectivity index (χ4v) is 1.04. The Kier molecular flexibility index (Phi) is 5.87. The van der Waals surface area contributed by atoms with Gasteiger partial charge in [0.15, 0.2) is 5.60 Å². The van der Waals surface area contributed by atoms with E-state index >= 15 is 0 Å². The average Bonchev–Trinajstić information content (AvgIpc) is 2.25. The number of carbonyl (C=O) groups excluding carboxylic acids is 2. The van der Waals surface area contributed by atoms with Crippen molar-refractivity contribution in [2.45, 2.75) is 32.3 Å². The molecule has 0 aromatic rings. The molecule has 0 heterocycles. The van der Waals surface area contributed by atoms with Crippen LogP contribution in [0.4, 0.5) is 0 Å². The van der Waals surface area contributed by atoms with Gasteiger partial charge in [0, 0.05) is 5.57 Å². The first-order valence-electron chi connectivity index (χ1n) is 5.18. The molecule has 0 rings (SSSR count). The van der Waals surface area contributed by atoms with Crippen LogP contribution in [-0.4, -0.2) is 44.8 Å². The topological polar surface area (TPSA) is 138 Å². The zero-order chi connectivity index (χ0) is 15.2. The Balaban J connectivity index is 4.80. The number of carbonyl (C=O) groups is 4. The number of ether oxygens (including phenoxy) is 1. The van der Waals surface area contributed by atoms with E-state index in [-0.39, 0.29) is 5.57 Å². The Labute approximate surface area is 108 Å². The van der Waals surface area contributed by atoms with Crippen molar-refractivity contribution in [2.24, 2.45) is 0 Å². The van der Waals surface area contributed by atoms with Gasteiger partial charge in [-0.1, -0.05) is 6.08 Å². The molecular weight excluding hydrogens is 260 g/mol. The van der Waals surface area contributed by atoms with Crippen LogP contribution in [0.2, 0.25) is 0 Å². The third-order valence-electron chi connectivity index (χ3n) is 2.24. The van der Waals surface area contributed by atoms with E-state index in [4.69, 9.17) is 10.2 Å². The van der Waals surface area contributed by atoms with Crippen molar-refractivity contribution < 1.29 is 39.2 Å².